The Balaban J connectivity index is 2.20. The van der Waals surface area contributed by atoms with Crippen LogP contribution < -0.4 is 0 Å². The van der Waals surface area contributed by atoms with E-state index in [9.17, 15) is 0 Å². The van der Waals surface area contributed by atoms with Gasteiger partial charge in [0.2, 0.25) is 0 Å². The Hall–Kier alpha value is -0.120. The molecule has 0 atom stereocenters. The van der Waals surface area contributed by atoms with Crippen LogP contribution in [0.15, 0.2) is 0 Å². The van der Waals surface area contributed by atoms with Crippen LogP contribution in [0.4, 0.5) is 0 Å². The lowest BCUT2D eigenvalue weighted by atomic mass is 9.97. The van der Waals surface area contributed by atoms with E-state index in [0.29, 0.717) is 18.4 Å². The van der Waals surface area contributed by atoms with Crippen LogP contribution in [0, 0.1) is 11.8 Å². The molecule has 1 aliphatic heterocycles. The zero-order valence-corrected chi connectivity index (χ0v) is 8.08. The van der Waals surface area contributed by atoms with Crippen LogP contribution in [-0.2, 0) is 14.2 Å². The quantitative estimate of drug-likeness (QED) is 0.645. The van der Waals surface area contributed by atoms with E-state index >= 15 is 0 Å². The third-order valence-electron chi connectivity index (χ3n) is 2.24. The van der Waals surface area contributed by atoms with E-state index in [1.807, 2.05) is 0 Å². The molecular weight excluding hydrogens is 156 g/mol. The highest BCUT2D eigenvalue weighted by Gasteiger charge is 2.23. The van der Waals surface area contributed by atoms with Crippen molar-refractivity contribution in [1.29, 1.82) is 0 Å². The molecule has 72 valence electrons. The summed E-state index contributed by atoms with van der Waals surface area (Å²) in [6, 6.07) is 0. The van der Waals surface area contributed by atoms with Crippen molar-refractivity contribution in [2.75, 3.05) is 26.9 Å². The fourth-order valence-electron chi connectivity index (χ4n) is 1.18. The van der Waals surface area contributed by atoms with Gasteiger partial charge in [-0.15, -0.1) is 0 Å². The minimum absolute atomic E-state index is 0.148. The number of hydrogen-bond acceptors (Lipinski definition) is 3. The van der Waals surface area contributed by atoms with Crippen LogP contribution in [0.3, 0.4) is 0 Å². The first-order valence-corrected chi connectivity index (χ1v) is 4.46. The molecule has 0 unspecified atom stereocenters. The third kappa shape index (κ3) is 2.73. The summed E-state index contributed by atoms with van der Waals surface area (Å²) >= 11 is 0. The van der Waals surface area contributed by atoms with Gasteiger partial charge in [-0.2, -0.15) is 0 Å². The van der Waals surface area contributed by atoms with Crippen molar-refractivity contribution in [1.82, 2.24) is 0 Å². The smallest absolute Gasteiger partial charge is 0.180 e. The van der Waals surface area contributed by atoms with Crippen LogP contribution >= 0.6 is 0 Å². The molecule has 1 aliphatic rings. The number of hydrogen-bond donors (Lipinski definition) is 0. The Morgan fingerprint density at radius 1 is 1.33 bits per heavy atom. The molecule has 1 fully saturated rings. The van der Waals surface area contributed by atoms with Gasteiger partial charge in [-0.3, -0.25) is 0 Å². The molecule has 3 nitrogen and oxygen atoms in total. The van der Waals surface area contributed by atoms with Crippen molar-refractivity contribution >= 4 is 0 Å². The Labute approximate surface area is 74.0 Å². The molecule has 3 heteroatoms. The predicted octanol–water partition coefficient (Wildman–Crippen LogP) is 1.28. The molecule has 0 aromatic rings. The molecule has 0 radical (unpaired) electrons. The SMILES string of the molecule is COCC1OCC(C(C)C)CO1. The Kier molecular flexibility index (Phi) is 3.98. The molecule has 12 heavy (non-hydrogen) atoms. The average molecular weight is 174 g/mol. The summed E-state index contributed by atoms with van der Waals surface area (Å²) < 4.78 is 15.8. The van der Waals surface area contributed by atoms with Gasteiger partial charge in [0, 0.05) is 13.0 Å². The largest absolute Gasteiger partial charge is 0.379 e. The first kappa shape index (κ1) is 9.96. The standard InChI is InChI=1S/C9H18O3/c1-7(2)8-4-11-9(6-10-3)12-5-8/h7-9H,4-6H2,1-3H3. The summed E-state index contributed by atoms with van der Waals surface area (Å²) in [7, 11) is 1.65. The molecule has 0 spiro atoms. The zero-order valence-electron chi connectivity index (χ0n) is 8.08. The first-order chi connectivity index (χ1) is 5.74. The molecule has 0 aromatic carbocycles. The molecule has 1 rings (SSSR count). The van der Waals surface area contributed by atoms with Gasteiger partial charge in [-0.05, 0) is 5.92 Å². The van der Waals surface area contributed by atoms with Crippen LogP contribution in [0.1, 0.15) is 13.8 Å². The monoisotopic (exact) mass is 174 g/mol. The number of methoxy groups -OCH3 is 1. The maximum atomic E-state index is 5.45. The van der Waals surface area contributed by atoms with E-state index in [2.05, 4.69) is 13.8 Å². The molecule has 0 aliphatic carbocycles. The maximum absolute atomic E-state index is 5.45. The van der Waals surface area contributed by atoms with E-state index in [-0.39, 0.29) is 6.29 Å². The number of ether oxygens (including phenoxy) is 3. The minimum atomic E-state index is -0.148. The van der Waals surface area contributed by atoms with E-state index < -0.39 is 0 Å². The van der Waals surface area contributed by atoms with Gasteiger partial charge in [0.15, 0.2) is 6.29 Å². The second kappa shape index (κ2) is 4.80. The van der Waals surface area contributed by atoms with Crippen LogP contribution in [0.5, 0.6) is 0 Å². The number of rotatable bonds is 3. The molecule has 0 amide bonds. The summed E-state index contributed by atoms with van der Waals surface area (Å²) in [4.78, 5) is 0. The summed E-state index contributed by atoms with van der Waals surface area (Å²) in [6.45, 7) is 6.50. The van der Waals surface area contributed by atoms with Gasteiger partial charge in [0.05, 0.1) is 19.8 Å². The molecule has 1 heterocycles. The Morgan fingerprint density at radius 2 is 1.92 bits per heavy atom. The summed E-state index contributed by atoms with van der Waals surface area (Å²) in [5.74, 6) is 1.17. The third-order valence-corrected chi connectivity index (χ3v) is 2.24. The second-order valence-electron chi connectivity index (χ2n) is 3.56. The molecule has 0 N–H and O–H groups in total. The molecule has 1 saturated heterocycles. The zero-order chi connectivity index (χ0) is 8.97. The molecule has 0 aromatic heterocycles. The highest BCUT2D eigenvalue weighted by Crippen LogP contribution is 2.18. The predicted molar refractivity (Wildman–Crippen MR) is 45.9 cm³/mol. The van der Waals surface area contributed by atoms with Crippen molar-refractivity contribution in [2.24, 2.45) is 11.8 Å². The van der Waals surface area contributed by atoms with Gasteiger partial charge in [0.25, 0.3) is 0 Å². The highest BCUT2D eigenvalue weighted by atomic mass is 16.7. The fraction of sp³-hybridized carbons (Fsp3) is 1.00. The topological polar surface area (TPSA) is 27.7 Å². The van der Waals surface area contributed by atoms with Gasteiger partial charge in [-0.1, -0.05) is 13.8 Å². The van der Waals surface area contributed by atoms with E-state index in [0.717, 1.165) is 13.2 Å². The van der Waals surface area contributed by atoms with Gasteiger partial charge in [0.1, 0.15) is 0 Å². The summed E-state index contributed by atoms with van der Waals surface area (Å²) in [5.41, 5.74) is 0. The highest BCUT2D eigenvalue weighted by molar-refractivity contribution is 4.65. The van der Waals surface area contributed by atoms with Gasteiger partial charge in [-0.25, -0.2) is 0 Å². The van der Waals surface area contributed by atoms with E-state index in [4.69, 9.17) is 14.2 Å². The molecular formula is C9H18O3. The lowest BCUT2D eigenvalue weighted by molar-refractivity contribution is -0.223. The van der Waals surface area contributed by atoms with Crippen molar-refractivity contribution in [2.45, 2.75) is 20.1 Å². The van der Waals surface area contributed by atoms with Crippen molar-refractivity contribution in [3.63, 3.8) is 0 Å². The Bertz CT molecular complexity index is 117. The minimum Gasteiger partial charge on any atom is -0.379 e. The van der Waals surface area contributed by atoms with Crippen LogP contribution in [-0.4, -0.2) is 33.2 Å². The lowest BCUT2D eigenvalue weighted by Crippen LogP contribution is -2.36. The molecule has 0 saturated carbocycles. The normalized spacial score (nSPS) is 31.0. The Morgan fingerprint density at radius 3 is 2.33 bits per heavy atom. The van der Waals surface area contributed by atoms with E-state index in [1.54, 1.807) is 7.11 Å². The maximum Gasteiger partial charge on any atom is 0.180 e. The fourth-order valence-corrected chi connectivity index (χ4v) is 1.18. The molecule has 0 bridgehead atoms. The van der Waals surface area contributed by atoms with Crippen molar-refractivity contribution < 1.29 is 14.2 Å². The first-order valence-electron chi connectivity index (χ1n) is 4.46. The van der Waals surface area contributed by atoms with Gasteiger partial charge < -0.3 is 14.2 Å². The van der Waals surface area contributed by atoms with E-state index in [1.165, 1.54) is 0 Å². The van der Waals surface area contributed by atoms with Crippen molar-refractivity contribution in [3.8, 4) is 0 Å². The van der Waals surface area contributed by atoms with Crippen LogP contribution in [0.2, 0.25) is 0 Å². The summed E-state index contributed by atoms with van der Waals surface area (Å²) in [5, 5.41) is 0. The van der Waals surface area contributed by atoms with Crippen molar-refractivity contribution in [3.05, 3.63) is 0 Å². The lowest BCUT2D eigenvalue weighted by Gasteiger charge is -2.30. The summed E-state index contributed by atoms with van der Waals surface area (Å²) in [6.07, 6.45) is -0.148. The average Bonchev–Trinajstić information content (AvgIpc) is 2.06. The van der Waals surface area contributed by atoms with Crippen LogP contribution in [0.25, 0.3) is 0 Å². The second-order valence-corrected chi connectivity index (χ2v) is 3.56. The van der Waals surface area contributed by atoms with Gasteiger partial charge >= 0.3 is 0 Å².